The summed E-state index contributed by atoms with van der Waals surface area (Å²) in [7, 11) is 1.49. The number of hydrogen-bond acceptors (Lipinski definition) is 6. The molecule has 0 saturated heterocycles. The second kappa shape index (κ2) is 9.99. The van der Waals surface area contributed by atoms with E-state index < -0.39 is 17.2 Å². The standard InChI is InChI=1S/C24H26N4O5/c1-24(2,3)23(31)26-12-15-6-5-7-16(10-15)27-21(29)22(30)28-17-8-9-18(19(11-17)32-4)20-13-25-14-33-20/h5-11,13-14H,12H2,1-4H3,(H,26,31)(H,27,29)(H,28,30). The smallest absolute Gasteiger partial charge is 0.314 e. The number of hydrogen-bond donors (Lipinski definition) is 3. The van der Waals surface area contributed by atoms with Crippen molar-refractivity contribution in [2.75, 3.05) is 17.7 Å². The molecule has 1 heterocycles. The number of nitrogens with zero attached hydrogens (tertiary/aromatic N) is 1. The van der Waals surface area contributed by atoms with E-state index in [4.69, 9.17) is 9.15 Å². The topological polar surface area (TPSA) is 123 Å². The highest BCUT2D eigenvalue weighted by Gasteiger charge is 2.21. The molecule has 0 atom stereocenters. The van der Waals surface area contributed by atoms with Crippen LogP contribution in [0.3, 0.4) is 0 Å². The van der Waals surface area contributed by atoms with Crippen molar-refractivity contribution in [2.24, 2.45) is 5.41 Å². The van der Waals surface area contributed by atoms with Crippen molar-refractivity contribution in [1.29, 1.82) is 0 Å². The Labute approximate surface area is 191 Å². The van der Waals surface area contributed by atoms with Gasteiger partial charge in [0.15, 0.2) is 12.2 Å². The van der Waals surface area contributed by atoms with Gasteiger partial charge in [0, 0.05) is 29.4 Å². The third kappa shape index (κ3) is 6.19. The lowest BCUT2D eigenvalue weighted by Crippen LogP contribution is -2.34. The second-order valence-corrected chi connectivity index (χ2v) is 8.32. The minimum absolute atomic E-state index is 0.0823. The normalized spacial score (nSPS) is 10.9. The fourth-order valence-corrected chi connectivity index (χ4v) is 2.90. The van der Waals surface area contributed by atoms with Crippen LogP contribution < -0.4 is 20.7 Å². The average Bonchev–Trinajstić information content (AvgIpc) is 3.31. The summed E-state index contributed by atoms with van der Waals surface area (Å²) in [5.74, 6) is -0.780. The predicted molar refractivity (Wildman–Crippen MR) is 123 cm³/mol. The number of carbonyl (C=O) groups is 3. The van der Waals surface area contributed by atoms with E-state index >= 15 is 0 Å². The summed E-state index contributed by atoms with van der Waals surface area (Å²) in [6.45, 7) is 5.79. The quantitative estimate of drug-likeness (QED) is 0.493. The highest BCUT2D eigenvalue weighted by molar-refractivity contribution is 6.43. The van der Waals surface area contributed by atoms with Crippen LogP contribution in [0.15, 0.2) is 59.5 Å². The first-order valence-corrected chi connectivity index (χ1v) is 10.2. The molecule has 33 heavy (non-hydrogen) atoms. The fourth-order valence-electron chi connectivity index (χ4n) is 2.90. The number of methoxy groups -OCH3 is 1. The van der Waals surface area contributed by atoms with Gasteiger partial charge in [0.05, 0.1) is 18.9 Å². The van der Waals surface area contributed by atoms with Crippen LogP contribution in [0.5, 0.6) is 5.75 Å². The van der Waals surface area contributed by atoms with Crippen LogP contribution in [0.2, 0.25) is 0 Å². The van der Waals surface area contributed by atoms with Crippen molar-refractivity contribution in [3.8, 4) is 17.1 Å². The van der Waals surface area contributed by atoms with Crippen molar-refractivity contribution in [3.63, 3.8) is 0 Å². The minimum Gasteiger partial charge on any atom is -0.496 e. The molecule has 3 aromatic rings. The number of benzene rings is 2. The lowest BCUT2D eigenvalue weighted by atomic mass is 9.95. The van der Waals surface area contributed by atoms with Crippen LogP contribution in [0.1, 0.15) is 26.3 Å². The van der Waals surface area contributed by atoms with Gasteiger partial charge in [-0.15, -0.1) is 0 Å². The van der Waals surface area contributed by atoms with Gasteiger partial charge in [-0.1, -0.05) is 32.9 Å². The summed E-state index contributed by atoms with van der Waals surface area (Å²) in [6.07, 6.45) is 2.86. The van der Waals surface area contributed by atoms with Gasteiger partial charge in [-0.2, -0.15) is 0 Å². The van der Waals surface area contributed by atoms with Crippen LogP contribution in [0.25, 0.3) is 11.3 Å². The Morgan fingerprint density at radius 3 is 2.30 bits per heavy atom. The Balaban J connectivity index is 1.62. The zero-order valence-corrected chi connectivity index (χ0v) is 18.9. The Morgan fingerprint density at radius 2 is 1.70 bits per heavy atom. The Bertz CT molecular complexity index is 1150. The maximum atomic E-state index is 12.4. The predicted octanol–water partition coefficient (Wildman–Crippen LogP) is 3.59. The molecule has 0 fully saturated rings. The van der Waals surface area contributed by atoms with E-state index in [1.807, 2.05) is 26.8 Å². The fraction of sp³-hybridized carbons (Fsp3) is 0.250. The molecule has 0 spiro atoms. The van der Waals surface area contributed by atoms with Crippen molar-refractivity contribution in [2.45, 2.75) is 27.3 Å². The number of ether oxygens (including phenoxy) is 1. The number of anilines is 2. The first kappa shape index (κ1) is 23.5. The van der Waals surface area contributed by atoms with Gasteiger partial charge >= 0.3 is 11.8 Å². The molecule has 0 aliphatic heterocycles. The molecule has 0 unspecified atom stereocenters. The van der Waals surface area contributed by atoms with Gasteiger partial charge in [0.25, 0.3) is 0 Å². The number of rotatable bonds is 6. The lowest BCUT2D eigenvalue weighted by Gasteiger charge is -2.17. The maximum Gasteiger partial charge on any atom is 0.314 e. The number of carbonyl (C=O) groups excluding carboxylic acids is 3. The van der Waals surface area contributed by atoms with Crippen molar-refractivity contribution >= 4 is 29.1 Å². The summed E-state index contributed by atoms with van der Waals surface area (Å²) in [4.78, 5) is 40.7. The molecule has 0 radical (unpaired) electrons. The van der Waals surface area contributed by atoms with Crippen LogP contribution in [0.4, 0.5) is 11.4 Å². The van der Waals surface area contributed by atoms with Gasteiger partial charge < -0.3 is 25.1 Å². The van der Waals surface area contributed by atoms with E-state index in [0.29, 0.717) is 35.0 Å². The molecule has 0 aliphatic rings. The second-order valence-electron chi connectivity index (χ2n) is 8.32. The Morgan fingerprint density at radius 1 is 1.00 bits per heavy atom. The van der Waals surface area contributed by atoms with Crippen LogP contribution in [-0.4, -0.2) is 29.8 Å². The number of amides is 3. The Hall–Kier alpha value is -4.14. The molecule has 0 bridgehead atoms. The molecule has 172 valence electrons. The summed E-state index contributed by atoms with van der Waals surface area (Å²) in [6, 6.07) is 11.8. The molecule has 9 heteroatoms. The minimum atomic E-state index is -0.837. The van der Waals surface area contributed by atoms with Gasteiger partial charge in [-0.25, -0.2) is 4.98 Å². The first-order chi connectivity index (χ1) is 15.7. The zero-order valence-electron chi connectivity index (χ0n) is 18.9. The molecular formula is C24H26N4O5. The average molecular weight is 450 g/mol. The summed E-state index contributed by atoms with van der Waals surface area (Å²) in [5, 5.41) is 7.96. The number of nitrogens with one attached hydrogen (secondary N) is 3. The highest BCUT2D eigenvalue weighted by Crippen LogP contribution is 2.32. The van der Waals surface area contributed by atoms with Gasteiger partial charge in [0.1, 0.15) is 5.75 Å². The molecule has 0 aliphatic carbocycles. The lowest BCUT2D eigenvalue weighted by molar-refractivity contribution is -0.133. The van der Waals surface area contributed by atoms with Gasteiger partial charge in [0.2, 0.25) is 5.91 Å². The SMILES string of the molecule is COc1cc(NC(=O)C(=O)Nc2cccc(CNC(=O)C(C)(C)C)c2)ccc1-c1cnco1. The van der Waals surface area contributed by atoms with Crippen LogP contribution in [-0.2, 0) is 20.9 Å². The zero-order chi connectivity index (χ0) is 24.0. The van der Waals surface area contributed by atoms with Crippen LogP contribution in [0, 0.1) is 5.41 Å². The number of oxazole rings is 1. The first-order valence-electron chi connectivity index (χ1n) is 10.2. The van der Waals surface area contributed by atoms with Gasteiger partial charge in [-0.3, -0.25) is 14.4 Å². The Kier molecular flexibility index (Phi) is 7.12. The monoisotopic (exact) mass is 450 g/mol. The molecule has 2 aromatic carbocycles. The molecule has 9 nitrogen and oxygen atoms in total. The largest absolute Gasteiger partial charge is 0.496 e. The summed E-state index contributed by atoms with van der Waals surface area (Å²) >= 11 is 0. The van der Waals surface area contributed by atoms with Crippen molar-refractivity contribution in [3.05, 3.63) is 60.6 Å². The maximum absolute atomic E-state index is 12.4. The van der Waals surface area contributed by atoms with Gasteiger partial charge in [-0.05, 0) is 29.8 Å². The van der Waals surface area contributed by atoms with E-state index in [2.05, 4.69) is 20.9 Å². The van der Waals surface area contributed by atoms with E-state index in [1.165, 1.54) is 13.5 Å². The third-order valence-electron chi connectivity index (χ3n) is 4.68. The molecule has 3 amide bonds. The summed E-state index contributed by atoms with van der Waals surface area (Å²) in [5.41, 5.74) is 1.77. The van der Waals surface area contributed by atoms with Crippen molar-refractivity contribution < 1.29 is 23.5 Å². The van der Waals surface area contributed by atoms with E-state index in [0.717, 1.165) is 5.56 Å². The molecule has 0 saturated carbocycles. The van der Waals surface area contributed by atoms with E-state index in [9.17, 15) is 14.4 Å². The van der Waals surface area contributed by atoms with E-state index in [-0.39, 0.29) is 5.91 Å². The van der Waals surface area contributed by atoms with E-state index in [1.54, 1.807) is 42.6 Å². The van der Waals surface area contributed by atoms with Crippen LogP contribution >= 0.6 is 0 Å². The van der Waals surface area contributed by atoms with Crippen molar-refractivity contribution in [1.82, 2.24) is 10.3 Å². The molecule has 1 aromatic heterocycles. The summed E-state index contributed by atoms with van der Waals surface area (Å²) < 4.78 is 10.6. The number of aromatic nitrogens is 1. The highest BCUT2D eigenvalue weighted by atomic mass is 16.5. The third-order valence-corrected chi connectivity index (χ3v) is 4.68. The molecule has 3 N–H and O–H groups in total. The molecular weight excluding hydrogens is 424 g/mol. The molecule has 3 rings (SSSR count).